The van der Waals surface area contributed by atoms with Crippen LogP contribution >= 0.6 is 0 Å². The number of nitrogens with two attached hydrogens (primary N) is 1. The Labute approximate surface area is 116 Å². The Bertz CT molecular complexity index is 397. The first-order chi connectivity index (χ1) is 9.31. The largest absolute Gasteiger partial charge is 0.372 e. The lowest BCUT2D eigenvalue weighted by Crippen LogP contribution is -2.26. The average Bonchev–Trinajstić information content (AvgIpc) is 3.08. The molecule has 2 nitrogen and oxygen atoms in total. The second-order valence-corrected chi connectivity index (χ2v) is 6.25. The highest BCUT2D eigenvalue weighted by Crippen LogP contribution is 2.45. The van der Waals surface area contributed by atoms with Crippen molar-refractivity contribution in [3.8, 4) is 0 Å². The third kappa shape index (κ3) is 2.85. The summed E-state index contributed by atoms with van der Waals surface area (Å²) in [7, 11) is 0. The molecule has 1 spiro atoms. The van der Waals surface area contributed by atoms with Gasteiger partial charge in [-0.15, -0.1) is 0 Å². The molecule has 2 N–H and O–H groups in total. The van der Waals surface area contributed by atoms with Crippen LogP contribution in [0.3, 0.4) is 0 Å². The zero-order valence-corrected chi connectivity index (χ0v) is 11.7. The number of ether oxygens (including phenoxy) is 1. The van der Waals surface area contributed by atoms with E-state index in [1.807, 2.05) is 0 Å². The first-order valence-electron chi connectivity index (χ1n) is 7.74. The van der Waals surface area contributed by atoms with Gasteiger partial charge in [0.2, 0.25) is 0 Å². The molecule has 2 unspecified atom stereocenters. The summed E-state index contributed by atoms with van der Waals surface area (Å²) >= 11 is 0. The Morgan fingerprint density at radius 2 is 1.89 bits per heavy atom. The van der Waals surface area contributed by atoms with Crippen LogP contribution in [0.5, 0.6) is 0 Å². The molecule has 2 heteroatoms. The molecule has 1 saturated carbocycles. The van der Waals surface area contributed by atoms with E-state index in [4.69, 9.17) is 10.5 Å². The van der Waals surface area contributed by atoms with Gasteiger partial charge in [0.15, 0.2) is 0 Å². The lowest BCUT2D eigenvalue weighted by Gasteiger charge is -2.25. The highest BCUT2D eigenvalue weighted by Gasteiger charge is 2.42. The zero-order valence-electron chi connectivity index (χ0n) is 11.7. The molecule has 1 aromatic rings. The van der Waals surface area contributed by atoms with Gasteiger partial charge in [-0.1, -0.05) is 43.2 Å². The smallest absolute Gasteiger partial charge is 0.0687 e. The summed E-state index contributed by atoms with van der Waals surface area (Å²) in [5.41, 5.74) is 7.58. The van der Waals surface area contributed by atoms with Gasteiger partial charge >= 0.3 is 0 Å². The minimum absolute atomic E-state index is 0.250. The maximum Gasteiger partial charge on any atom is 0.0687 e. The summed E-state index contributed by atoms with van der Waals surface area (Å²) in [6.07, 6.45) is 9.27. The van der Waals surface area contributed by atoms with Crippen molar-refractivity contribution in [1.82, 2.24) is 0 Å². The van der Waals surface area contributed by atoms with Gasteiger partial charge in [-0.2, -0.15) is 0 Å². The van der Waals surface area contributed by atoms with E-state index in [0.717, 1.165) is 13.0 Å². The van der Waals surface area contributed by atoms with Crippen LogP contribution in [0.25, 0.3) is 0 Å². The van der Waals surface area contributed by atoms with Crippen molar-refractivity contribution < 1.29 is 4.74 Å². The summed E-state index contributed by atoms with van der Waals surface area (Å²) in [4.78, 5) is 0. The summed E-state index contributed by atoms with van der Waals surface area (Å²) in [6.45, 7) is 0.719. The molecule has 0 radical (unpaired) electrons. The van der Waals surface area contributed by atoms with Gasteiger partial charge in [-0.25, -0.2) is 0 Å². The van der Waals surface area contributed by atoms with Crippen LogP contribution in [0.1, 0.15) is 56.4 Å². The van der Waals surface area contributed by atoms with E-state index in [1.165, 1.54) is 44.1 Å². The number of hydrogen-bond acceptors (Lipinski definition) is 2. The molecule has 1 aromatic carbocycles. The van der Waals surface area contributed by atoms with Crippen molar-refractivity contribution >= 4 is 0 Å². The first kappa shape index (κ1) is 13.1. The second-order valence-electron chi connectivity index (χ2n) is 6.25. The summed E-state index contributed by atoms with van der Waals surface area (Å²) in [5, 5.41) is 0. The van der Waals surface area contributed by atoms with Crippen molar-refractivity contribution in [1.29, 1.82) is 0 Å². The topological polar surface area (TPSA) is 35.2 Å². The van der Waals surface area contributed by atoms with Gasteiger partial charge in [-0.05, 0) is 50.1 Å². The predicted octanol–water partition coefficient (Wildman–Crippen LogP) is 3.61. The van der Waals surface area contributed by atoms with Crippen molar-refractivity contribution in [2.24, 2.45) is 5.73 Å². The van der Waals surface area contributed by atoms with E-state index in [-0.39, 0.29) is 5.60 Å². The quantitative estimate of drug-likeness (QED) is 0.896. The lowest BCUT2D eigenvalue weighted by molar-refractivity contribution is -0.0408. The number of benzene rings is 1. The molecule has 2 fully saturated rings. The van der Waals surface area contributed by atoms with Crippen molar-refractivity contribution in [3.05, 3.63) is 35.9 Å². The molecule has 2 atom stereocenters. The predicted molar refractivity (Wildman–Crippen MR) is 78.2 cm³/mol. The standard InChI is InChI=1S/C17H25NO/c18-13-15(14-6-2-1-3-7-14)12-16-8-11-17(19-16)9-4-5-10-17/h1-3,6-7,15-16H,4-5,8-13,18H2. The summed E-state index contributed by atoms with van der Waals surface area (Å²) in [5.74, 6) is 0.447. The third-order valence-electron chi connectivity index (χ3n) is 4.96. The normalized spacial score (nSPS) is 26.9. The molecule has 0 amide bonds. The maximum absolute atomic E-state index is 6.41. The highest BCUT2D eigenvalue weighted by atomic mass is 16.5. The SMILES string of the molecule is NCC(CC1CCC2(CCCC2)O1)c1ccccc1. The minimum Gasteiger partial charge on any atom is -0.372 e. The van der Waals surface area contributed by atoms with E-state index < -0.39 is 0 Å². The number of hydrogen-bond donors (Lipinski definition) is 1. The van der Waals surface area contributed by atoms with Crippen LogP contribution in [-0.2, 0) is 4.74 Å². The van der Waals surface area contributed by atoms with Crippen LogP contribution in [-0.4, -0.2) is 18.2 Å². The molecule has 1 aliphatic heterocycles. The number of rotatable bonds is 4. The van der Waals surface area contributed by atoms with Gasteiger partial charge in [0, 0.05) is 0 Å². The van der Waals surface area contributed by atoms with Gasteiger partial charge in [-0.3, -0.25) is 0 Å². The maximum atomic E-state index is 6.41. The first-order valence-corrected chi connectivity index (χ1v) is 7.74. The Morgan fingerprint density at radius 1 is 1.16 bits per heavy atom. The molecule has 0 aromatic heterocycles. The molecule has 104 valence electrons. The van der Waals surface area contributed by atoms with E-state index in [1.54, 1.807) is 0 Å². The highest BCUT2D eigenvalue weighted by molar-refractivity contribution is 5.20. The monoisotopic (exact) mass is 259 g/mol. The van der Waals surface area contributed by atoms with E-state index >= 15 is 0 Å². The third-order valence-corrected chi connectivity index (χ3v) is 4.96. The van der Waals surface area contributed by atoms with E-state index in [9.17, 15) is 0 Å². The zero-order chi connectivity index (χ0) is 13.1. The molecule has 3 rings (SSSR count). The van der Waals surface area contributed by atoms with Gasteiger partial charge < -0.3 is 10.5 Å². The molecule has 0 bridgehead atoms. The van der Waals surface area contributed by atoms with Crippen molar-refractivity contribution in [2.75, 3.05) is 6.54 Å². The van der Waals surface area contributed by atoms with Crippen molar-refractivity contribution in [3.63, 3.8) is 0 Å². The molecule has 1 aliphatic carbocycles. The second kappa shape index (κ2) is 5.64. The van der Waals surface area contributed by atoms with Gasteiger partial charge in [0.1, 0.15) is 0 Å². The molecule has 2 aliphatic rings. The fraction of sp³-hybridized carbons (Fsp3) is 0.647. The Kier molecular flexibility index (Phi) is 3.90. The molecule has 1 saturated heterocycles. The van der Waals surface area contributed by atoms with Gasteiger partial charge in [0.25, 0.3) is 0 Å². The molecular weight excluding hydrogens is 234 g/mol. The molecule has 19 heavy (non-hydrogen) atoms. The van der Waals surface area contributed by atoms with Crippen LogP contribution in [0, 0.1) is 0 Å². The van der Waals surface area contributed by atoms with Crippen molar-refractivity contribution in [2.45, 2.75) is 62.6 Å². The van der Waals surface area contributed by atoms with Crippen LogP contribution < -0.4 is 5.73 Å². The van der Waals surface area contributed by atoms with Crippen LogP contribution in [0.4, 0.5) is 0 Å². The fourth-order valence-electron chi connectivity index (χ4n) is 3.86. The van der Waals surface area contributed by atoms with E-state index in [2.05, 4.69) is 30.3 Å². The summed E-state index contributed by atoms with van der Waals surface area (Å²) < 4.78 is 6.41. The van der Waals surface area contributed by atoms with Crippen LogP contribution in [0.15, 0.2) is 30.3 Å². The molecule has 1 heterocycles. The van der Waals surface area contributed by atoms with Gasteiger partial charge in [0.05, 0.1) is 11.7 Å². The fourth-order valence-corrected chi connectivity index (χ4v) is 3.86. The minimum atomic E-state index is 0.250. The summed E-state index contributed by atoms with van der Waals surface area (Å²) in [6, 6.07) is 10.7. The molecular formula is C17H25NO. The average molecular weight is 259 g/mol. The Morgan fingerprint density at radius 3 is 2.58 bits per heavy atom. The van der Waals surface area contributed by atoms with Crippen LogP contribution in [0.2, 0.25) is 0 Å². The Balaban J connectivity index is 1.61. The Hall–Kier alpha value is -0.860. The van der Waals surface area contributed by atoms with E-state index in [0.29, 0.717) is 12.0 Å². The lowest BCUT2D eigenvalue weighted by atomic mass is 9.91.